The summed E-state index contributed by atoms with van der Waals surface area (Å²) in [5.74, 6) is 1.41. The zero-order valence-corrected chi connectivity index (χ0v) is 22.3. The van der Waals surface area contributed by atoms with Crippen LogP contribution in [0.2, 0.25) is 0 Å². The van der Waals surface area contributed by atoms with Crippen molar-refractivity contribution in [3.05, 3.63) is 88.6 Å². The number of ether oxygens (including phenoxy) is 3. The molecular formula is C31H31F3O3S. The van der Waals surface area contributed by atoms with Gasteiger partial charge >= 0.3 is 6.11 Å². The smallest absolute Gasteiger partial charge is 0.426 e. The number of hydrogen-bond donors (Lipinski definition) is 0. The van der Waals surface area contributed by atoms with Crippen LogP contribution in [0.3, 0.4) is 0 Å². The minimum Gasteiger partial charge on any atom is -0.494 e. The average Bonchev–Trinajstić information content (AvgIpc) is 3.37. The number of hydrogen-bond acceptors (Lipinski definition) is 4. The maximum absolute atomic E-state index is 14.8. The van der Waals surface area contributed by atoms with Crippen molar-refractivity contribution < 1.29 is 27.4 Å². The molecule has 0 aliphatic heterocycles. The lowest BCUT2D eigenvalue weighted by Crippen LogP contribution is -2.22. The van der Waals surface area contributed by atoms with Crippen molar-refractivity contribution in [2.45, 2.75) is 57.5 Å². The maximum Gasteiger partial charge on any atom is 0.426 e. The summed E-state index contributed by atoms with van der Waals surface area (Å²) in [7, 11) is 0. The zero-order chi connectivity index (χ0) is 26.7. The second kappa shape index (κ2) is 11.3. The number of benzene rings is 3. The number of rotatable bonds is 9. The number of fused-ring (bicyclic) bond motifs is 1. The Hall–Kier alpha value is -3.19. The molecule has 38 heavy (non-hydrogen) atoms. The molecule has 4 aromatic rings. The average molecular weight is 541 g/mol. The van der Waals surface area contributed by atoms with Gasteiger partial charge in [-0.15, -0.1) is 11.3 Å². The summed E-state index contributed by atoms with van der Waals surface area (Å²) in [5.41, 5.74) is 0.885. The normalized spacial score (nSPS) is 17.9. The summed E-state index contributed by atoms with van der Waals surface area (Å²) in [6.45, 7) is 4.64. The molecule has 1 aliphatic rings. The minimum absolute atomic E-state index is 0.0797. The van der Waals surface area contributed by atoms with Crippen LogP contribution in [0, 0.1) is 5.82 Å². The molecule has 1 fully saturated rings. The van der Waals surface area contributed by atoms with Crippen molar-refractivity contribution >= 4 is 21.4 Å². The molecule has 200 valence electrons. The summed E-state index contributed by atoms with van der Waals surface area (Å²) < 4.78 is 60.8. The molecule has 0 spiro atoms. The van der Waals surface area contributed by atoms with Gasteiger partial charge in [0.05, 0.1) is 23.5 Å². The van der Waals surface area contributed by atoms with Crippen LogP contribution in [0.5, 0.6) is 17.2 Å². The molecule has 1 saturated carbocycles. The van der Waals surface area contributed by atoms with E-state index >= 15 is 0 Å². The third-order valence-electron chi connectivity index (χ3n) is 7.14. The number of alkyl halides is 2. The number of halogens is 3. The fourth-order valence-electron chi connectivity index (χ4n) is 5.18. The molecule has 0 atom stereocenters. The van der Waals surface area contributed by atoms with Crippen LogP contribution in [0.25, 0.3) is 10.1 Å². The van der Waals surface area contributed by atoms with Gasteiger partial charge in [-0.05, 0) is 117 Å². The van der Waals surface area contributed by atoms with Gasteiger partial charge in [0.1, 0.15) is 11.5 Å². The summed E-state index contributed by atoms with van der Waals surface area (Å²) in [6, 6.07) is 18.4. The lowest BCUT2D eigenvalue weighted by atomic mass is 9.78. The van der Waals surface area contributed by atoms with E-state index in [1.165, 1.54) is 40.5 Å². The highest BCUT2D eigenvalue weighted by molar-refractivity contribution is 7.19. The molecule has 3 aromatic carbocycles. The molecule has 7 heteroatoms. The van der Waals surface area contributed by atoms with Crippen molar-refractivity contribution in [3.63, 3.8) is 0 Å². The maximum atomic E-state index is 14.8. The molecule has 0 bridgehead atoms. The zero-order valence-electron chi connectivity index (χ0n) is 21.5. The van der Waals surface area contributed by atoms with Crippen LogP contribution >= 0.6 is 11.3 Å². The summed E-state index contributed by atoms with van der Waals surface area (Å²) in [5, 5.41) is 0.914. The summed E-state index contributed by atoms with van der Waals surface area (Å²) >= 11 is 1.52. The second-order valence-electron chi connectivity index (χ2n) is 9.57. The molecule has 3 nitrogen and oxygen atoms in total. The topological polar surface area (TPSA) is 27.7 Å². The standard InChI is InChI=1S/C31H31F3O3S/c1-3-35-25-14-16-26(17-15-25)37-31(33,34)24-12-9-21(10-13-24)20-5-7-22(8-6-20)28-19-23-11-18-27(36-4-2)29(32)30(23)38-28/h9-20,22H,3-8H2,1-2H3. The molecule has 5 rings (SSSR count). The van der Waals surface area contributed by atoms with Gasteiger partial charge < -0.3 is 14.2 Å². The van der Waals surface area contributed by atoms with Gasteiger partial charge in [0.2, 0.25) is 0 Å². The van der Waals surface area contributed by atoms with Gasteiger partial charge in [0, 0.05) is 4.88 Å². The Morgan fingerprint density at radius 2 is 1.42 bits per heavy atom. The third kappa shape index (κ3) is 5.63. The summed E-state index contributed by atoms with van der Waals surface area (Å²) in [6.07, 6.45) is 0.447. The molecule has 0 unspecified atom stereocenters. The van der Waals surface area contributed by atoms with E-state index in [0.29, 0.717) is 41.2 Å². The molecule has 1 aromatic heterocycles. The van der Waals surface area contributed by atoms with Gasteiger partial charge in [-0.2, -0.15) is 8.78 Å². The lowest BCUT2D eigenvalue weighted by Gasteiger charge is -2.28. The highest BCUT2D eigenvalue weighted by Crippen LogP contribution is 2.45. The largest absolute Gasteiger partial charge is 0.494 e. The minimum atomic E-state index is -3.44. The molecule has 0 saturated heterocycles. The first-order valence-electron chi connectivity index (χ1n) is 13.1. The fraction of sp³-hybridized carbons (Fsp3) is 0.355. The molecular weight excluding hydrogens is 509 g/mol. The molecule has 1 heterocycles. The van der Waals surface area contributed by atoms with Crippen molar-refractivity contribution in [1.29, 1.82) is 0 Å². The van der Waals surface area contributed by atoms with Gasteiger partial charge in [-0.25, -0.2) is 4.39 Å². The summed E-state index contributed by atoms with van der Waals surface area (Å²) in [4.78, 5) is 1.20. The Kier molecular flexibility index (Phi) is 7.84. The van der Waals surface area contributed by atoms with E-state index in [1.807, 2.05) is 19.9 Å². The Morgan fingerprint density at radius 1 is 0.789 bits per heavy atom. The van der Waals surface area contributed by atoms with E-state index in [-0.39, 0.29) is 17.1 Å². The Labute approximate surface area is 225 Å². The fourth-order valence-corrected chi connectivity index (χ4v) is 6.44. The van der Waals surface area contributed by atoms with Crippen LogP contribution in [0.4, 0.5) is 13.2 Å². The van der Waals surface area contributed by atoms with E-state index in [0.717, 1.165) is 36.6 Å². The van der Waals surface area contributed by atoms with Gasteiger partial charge in [-0.3, -0.25) is 0 Å². The first-order chi connectivity index (χ1) is 18.4. The van der Waals surface area contributed by atoms with Gasteiger partial charge in [0.25, 0.3) is 0 Å². The highest BCUT2D eigenvalue weighted by atomic mass is 32.1. The first kappa shape index (κ1) is 26.4. The highest BCUT2D eigenvalue weighted by Gasteiger charge is 2.35. The van der Waals surface area contributed by atoms with E-state index < -0.39 is 6.11 Å². The monoisotopic (exact) mass is 540 g/mol. The van der Waals surface area contributed by atoms with E-state index in [1.54, 1.807) is 30.3 Å². The SMILES string of the molecule is CCOc1ccc(OC(F)(F)c2ccc(C3CCC(c4cc5ccc(OCC)c(F)c5s4)CC3)cc2)cc1. The van der Waals surface area contributed by atoms with Crippen LogP contribution in [0.15, 0.2) is 66.7 Å². The van der Waals surface area contributed by atoms with Gasteiger partial charge in [-0.1, -0.05) is 12.1 Å². The Bertz CT molecular complexity index is 1360. The van der Waals surface area contributed by atoms with Crippen molar-refractivity contribution in [1.82, 2.24) is 0 Å². The molecule has 0 radical (unpaired) electrons. The van der Waals surface area contributed by atoms with Crippen LogP contribution in [0.1, 0.15) is 67.4 Å². The van der Waals surface area contributed by atoms with Gasteiger partial charge in [0.15, 0.2) is 11.6 Å². The Balaban J connectivity index is 1.21. The van der Waals surface area contributed by atoms with Crippen LogP contribution < -0.4 is 14.2 Å². The number of thiophene rings is 1. The van der Waals surface area contributed by atoms with E-state index in [9.17, 15) is 13.2 Å². The predicted octanol–water partition coefficient (Wildman–Crippen LogP) is 9.41. The molecule has 0 amide bonds. The van der Waals surface area contributed by atoms with Crippen molar-refractivity contribution in [2.75, 3.05) is 13.2 Å². The van der Waals surface area contributed by atoms with Crippen molar-refractivity contribution in [2.24, 2.45) is 0 Å². The van der Waals surface area contributed by atoms with Crippen molar-refractivity contribution in [3.8, 4) is 17.2 Å². The Morgan fingerprint density at radius 3 is 2.08 bits per heavy atom. The molecule has 1 aliphatic carbocycles. The molecule has 0 N–H and O–H groups in total. The quantitative estimate of drug-likeness (QED) is 0.212. The first-order valence-corrected chi connectivity index (χ1v) is 13.9. The third-order valence-corrected chi connectivity index (χ3v) is 8.44. The second-order valence-corrected chi connectivity index (χ2v) is 10.7. The lowest BCUT2D eigenvalue weighted by molar-refractivity contribution is -0.185. The predicted molar refractivity (Wildman–Crippen MR) is 145 cm³/mol. The van der Waals surface area contributed by atoms with Crippen LogP contribution in [-0.4, -0.2) is 13.2 Å². The van der Waals surface area contributed by atoms with E-state index in [4.69, 9.17) is 14.2 Å². The van der Waals surface area contributed by atoms with E-state index in [2.05, 4.69) is 6.07 Å². The van der Waals surface area contributed by atoms with Crippen LogP contribution in [-0.2, 0) is 6.11 Å².